The molecule has 0 radical (unpaired) electrons. The van der Waals surface area contributed by atoms with Crippen molar-refractivity contribution in [2.45, 2.75) is 46.1 Å². The molecule has 1 rings (SSSR count). The molecule has 0 saturated carbocycles. The molecule has 0 aliphatic carbocycles. The van der Waals surface area contributed by atoms with Gasteiger partial charge >= 0.3 is 5.97 Å². The molecule has 126 valence electrons. The Morgan fingerprint density at radius 3 is 2.41 bits per heavy atom. The summed E-state index contributed by atoms with van der Waals surface area (Å²) in [6.45, 7) is 6.86. The Labute approximate surface area is 131 Å². The highest BCUT2D eigenvalue weighted by Gasteiger charge is 2.31. The molecule has 2 unspecified atom stereocenters. The lowest BCUT2D eigenvalue weighted by molar-refractivity contribution is -0.137. The Kier molecular flexibility index (Phi) is 6.34. The Hall–Kier alpha value is -1.63. The first-order chi connectivity index (χ1) is 10.1. The van der Waals surface area contributed by atoms with Gasteiger partial charge in [0.25, 0.3) is 0 Å². The normalized spacial score (nSPS) is 23.0. The van der Waals surface area contributed by atoms with Gasteiger partial charge in [0.1, 0.15) is 0 Å². The fourth-order valence-electron chi connectivity index (χ4n) is 2.70. The fraction of sp³-hybridized carbons (Fsp3) is 0.800. The van der Waals surface area contributed by atoms with Gasteiger partial charge in [-0.2, -0.15) is 0 Å². The highest BCUT2D eigenvalue weighted by atomic mass is 16.4. The van der Waals surface area contributed by atoms with Gasteiger partial charge in [0.05, 0.1) is 6.54 Å². The van der Waals surface area contributed by atoms with Crippen LogP contribution in [0.15, 0.2) is 0 Å². The van der Waals surface area contributed by atoms with Crippen molar-refractivity contribution in [2.24, 2.45) is 17.1 Å². The van der Waals surface area contributed by atoms with Crippen LogP contribution in [0.3, 0.4) is 0 Å². The third kappa shape index (κ3) is 6.43. The zero-order valence-corrected chi connectivity index (χ0v) is 13.6. The van der Waals surface area contributed by atoms with E-state index in [-0.39, 0.29) is 30.8 Å². The third-order valence-electron chi connectivity index (χ3n) is 3.78. The summed E-state index contributed by atoms with van der Waals surface area (Å²) in [5.41, 5.74) is 4.76. The maximum absolute atomic E-state index is 12.1. The van der Waals surface area contributed by atoms with E-state index in [1.807, 2.05) is 25.7 Å². The summed E-state index contributed by atoms with van der Waals surface area (Å²) in [5, 5.41) is 11.8. The van der Waals surface area contributed by atoms with E-state index in [2.05, 4.69) is 5.32 Å². The van der Waals surface area contributed by atoms with Crippen LogP contribution in [0, 0.1) is 11.3 Å². The van der Waals surface area contributed by atoms with Crippen molar-refractivity contribution in [3.63, 3.8) is 0 Å². The average Bonchev–Trinajstić information content (AvgIpc) is 2.34. The second-order valence-electron chi connectivity index (χ2n) is 7.11. The lowest BCUT2D eigenvalue weighted by Crippen LogP contribution is -2.54. The number of hydrogen-bond donors (Lipinski definition) is 3. The minimum Gasteiger partial charge on any atom is -0.481 e. The number of likely N-dealkylation sites (tertiary alicyclic amines) is 1. The van der Waals surface area contributed by atoms with Crippen LogP contribution in [0.1, 0.15) is 40.0 Å². The zero-order valence-electron chi connectivity index (χ0n) is 13.6. The molecule has 0 bridgehead atoms. The van der Waals surface area contributed by atoms with E-state index in [0.717, 1.165) is 6.42 Å². The average molecular weight is 313 g/mol. The summed E-state index contributed by atoms with van der Waals surface area (Å²) in [5.74, 6) is -1.16. The van der Waals surface area contributed by atoms with E-state index < -0.39 is 17.3 Å². The molecule has 2 amide bonds. The number of piperidine rings is 1. The highest BCUT2D eigenvalue weighted by molar-refractivity contribution is 5.81. The Morgan fingerprint density at radius 1 is 1.27 bits per heavy atom. The fourth-order valence-corrected chi connectivity index (χ4v) is 2.70. The lowest BCUT2D eigenvalue weighted by atomic mass is 9.88. The van der Waals surface area contributed by atoms with Crippen LogP contribution in [-0.4, -0.2) is 53.5 Å². The number of amides is 2. The van der Waals surface area contributed by atoms with Crippen molar-refractivity contribution in [3.8, 4) is 0 Å². The van der Waals surface area contributed by atoms with Crippen LogP contribution in [-0.2, 0) is 14.4 Å². The molecule has 1 aliphatic heterocycles. The quantitative estimate of drug-likeness (QED) is 0.648. The topological polar surface area (TPSA) is 113 Å². The minimum atomic E-state index is -0.831. The van der Waals surface area contributed by atoms with Gasteiger partial charge in [0.2, 0.25) is 11.8 Å². The highest BCUT2D eigenvalue weighted by Crippen LogP contribution is 2.23. The molecule has 1 saturated heterocycles. The predicted molar refractivity (Wildman–Crippen MR) is 82.0 cm³/mol. The first-order valence-corrected chi connectivity index (χ1v) is 7.61. The number of aliphatic carboxylic acids is 1. The molecule has 0 aromatic heterocycles. The molecule has 22 heavy (non-hydrogen) atoms. The van der Waals surface area contributed by atoms with Crippen molar-refractivity contribution >= 4 is 17.8 Å². The van der Waals surface area contributed by atoms with Gasteiger partial charge < -0.3 is 16.2 Å². The number of primary amides is 1. The number of hydrogen-bond acceptors (Lipinski definition) is 4. The lowest BCUT2D eigenvalue weighted by Gasteiger charge is -2.38. The smallest absolute Gasteiger partial charge is 0.303 e. The van der Waals surface area contributed by atoms with Crippen LogP contribution in [0.5, 0.6) is 0 Å². The molecule has 1 fully saturated rings. The maximum Gasteiger partial charge on any atom is 0.303 e. The molecule has 0 aromatic carbocycles. The molecule has 7 heteroatoms. The van der Waals surface area contributed by atoms with Gasteiger partial charge in [-0.1, -0.05) is 20.8 Å². The van der Waals surface area contributed by atoms with E-state index in [1.165, 1.54) is 0 Å². The number of rotatable bonds is 6. The van der Waals surface area contributed by atoms with Gasteiger partial charge in [-0.25, -0.2) is 0 Å². The number of carbonyl (C=O) groups is 3. The molecule has 2 atom stereocenters. The molecule has 0 aromatic rings. The van der Waals surface area contributed by atoms with Crippen LogP contribution in [0.25, 0.3) is 0 Å². The van der Waals surface area contributed by atoms with Crippen molar-refractivity contribution in [2.75, 3.05) is 19.6 Å². The second kappa shape index (κ2) is 7.58. The van der Waals surface area contributed by atoms with Crippen molar-refractivity contribution in [1.29, 1.82) is 0 Å². The van der Waals surface area contributed by atoms with E-state index in [4.69, 9.17) is 10.8 Å². The van der Waals surface area contributed by atoms with E-state index in [9.17, 15) is 14.4 Å². The maximum atomic E-state index is 12.1. The summed E-state index contributed by atoms with van der Waals surface area (Å²) in [4.78, 5) is 35.9. The molecule has 7 nitrogen and oxygen atoms in total. The van der Waals surface area contributed by atoms with E-state index in [1.54, 1.807) is 0 Å². The van der Waals surface area contributed by atoms with Crippen LogP contribution < -0.4 is 11.1 Å². The second-order valence-corrected chi connectivity index (χ2v) is 7.11. The summed E-state index contributed by atoms with van der Waals surface area (Å²) >= 11 is 0. The molecule has 0 spiro atoms. The molecule has 4 N–H and O–H groups in total. The number of nitrogens with one attached hydrogen (secondary N) is 1. The zero-order chi connectivity index (χ0) is 16.9. The molecular formula is C15H27N3O4. The Bertz CT molecular complexity index is 431. The number of carboxylic acid groups (broad SMARTS) is 1. The Balaban J connectivity index is 2.67. The molecule has 1 heterocycles. The summed E-state index contributed by atoms with van der Waals surface area (Å²) < 4.78 is 0. The standard InChI is InChI=1S/C15H27N3O4/c1-15(2,3)14(22)17-11-6-10(4-5-13(20)21)7-18(8-11)9-12(16)19/h10-11H,4-9H2,1-3H3,(H2,16,19)(H,17,22)(H,20,21). The van der Waals surface area contributed by atoms with Gasteiger partial charge in [-0.15, -0.1) is 0 Å². The monoisotopic (exact) mass is 313 g/mol. The minimum absolute atomic E-state index is 0.0459. The van der Waals surface area contributed by atoms with Crippen molar-refractivity contribution < 1.29 is 19.5 Å². The van der Waals surface area contributed by atoms with Gasteiger partial charge in [-0.05, 0) is 18.8 Å². The first-order valence-electron chi connectivity index (χ1n) is 7.61. The van der Waals surface area contributed by atoms with Crippen LogP contribution >= 0.6 is 0 Å². The largest absolute Gasteiger partial charge is 0.481 e. The van der Waals surface area contributed by atoms with Gasteiger partial charge in [0.15, 0.2) is 0 Å². The van der Waals surface area contributed by atoms with Gasteiger partial charge in [-0.3, -0.25) is 19.3 Å². The van der Waals surface area contributed by atoms with Crippen LogP contribution in [0.4, 0.5) is 0 Å². The van der Waals surface area contributed by atoms with E-state index >= 15 is 0 Å². The van der Waals surface area contributed by atoms with Crippen LogP contribution in [0.2, 0.25) is 0 Å². The molecule has 1 aliphatic rings. The summed E-state index contributed by atoms with van der Waals surface area (Å²) in [7, 11) is 0. The van der Waals surface area contributed by atoms with Crippen molar-refractivity contribution in [3.05, 3.63) is 0 Å². The number of nitrogens with zero attached hydrogens (tertiary/aromatic N) is 1. The third-order valence-corrected chi connectivity index (χ3v) is 3.78. The van der Waals surface area contributed by atoms with Crippen molar-refractivity contribution in [1.82, 2.24) is 10.2 Å². The summed E-state index contributed by atoms with van der Waals surface area (Å²) in [6.07, 6.45) is 1.35. The summed E-state index contributed by atoms with van der Waals surface area (Å²) in [6, 6.07) is -0.0846. The molecular weight excluding hydrogens is 286 g/mol. The first kappa shape index (κ1) is 18.4. The number of carboxylic acids is 1. The number of carbonyl (C=O) groups excluding carboxylic acids is 2. The number of nitrogens with two attached hydrogens (primary N) is 1. The predicted octanol–water partition coefficient (Wildman–Crippen LogP) is 0.189. The SMILES string of the molecule is CC(C)(C)C(=O)NC1CC(CCC(=O)O)CN(CC(N)=O)C1. The van der Waals surface area contributed by atoms with Gasteiger partial charge in [0, 0.05) is 31.0 Å². The van der Waals surface area contributed by atoms with E-state index in [0.29, 0.717) is 19.5 Å². The Morgan fingerprint density at radius 2 is 1.91 bits per heavy atom.